The lowest BCUT2D eigenvalue weighted by Gasteiger charge is -2.54. The highest BCUT2D eigenvalue weighted by atomic mass is 79.9. The average molecular weight is 1040 g/mol. The second kappa shape index (κ2) is 22.9. The molecule has 0 saturated carbocycles. The van der Waals surface area contributed by atoms with E-state index in [2.05, 4.69) is 15.9 Å². The summed E-state index contributed by atoms with van der Waals surface area (Å²) in [4.78, 5) is 116. The third kappa shape index (κ3) is 11.8. The van der Waals surface area contributed by atoms with Crippen molar-refractivity contribution in [2.45, 2.75) is 146 Å². The molecular weight excluding hydrogens is 982 g/mol. The van der Waals surface area contributed by atoms with E-state index in [0.29, 0.717) is 4.90 Å². The van der Waals surface area contributed by atoms with E-state index in [0.717, 1.165) is 48.5 Å². The number of carbonyl (C=O) groups is 9. The van der Waals surface area contributed by atoms with Crippen molar-refractivity contribution >= 4 is 69.5 Å². The van der Waals surface area contributed by atoms with Crippen LogP contribution in [0.3, 0.4) is 0 Å². The summed E-state index contributed by atoms with van der Waals surface area (Å²) in [6.07, 6.45) is -27.7. The summed E-state index contributed by atoms with van der Waals surface area (Å²) in [5.74, 6) is -8.90. The van der Waals surface area contributed by atoms with E-state index in [4.69, 9.17) is 58.2 Å². The topological polar surface area (TPSA) is 328 Å². The molecule has 0 radical (unpaired) electrons. The number of rotatable bonds is 17. The SMILES string of the molecule is [2H]C(Br)CC1(N2C(=O)c3ccccc3C2=O)C(O)O[C@H](CO)[C@@H](O[C@@H]2O[C@H](COC(C)=O)[C@H](O[C@H]3O[C@H](COC(C)=O)[C@H](OC(C)=O)[C@H](OC(C)=O)[C@H]3OC(C)=O)[C@H](OC(C)=O)[C@H]2OC(C)=O)[C@@H]1O. The van der Waals surface area contributed by atoms with Crippen LogP contribution in [0.15, 0.2) is 24.3 Å². The number of benzene rings is 1. The van der Waals surface area contributed by atoms with Crippen molar-refractivity contribution in [3.05, 3.63) is 35.4 Å². The third-order valence-corrected chi connectivity index (χ3v) is 11.2. The molecule has 25 nitrogen and oxygen atoms in total. The van der Waals surface area contributed by atoms with E-state index in [1.807, 2.05) is 0 Å². The molecule has 0 spiro atoms. The Morgan fingerprint density at radius 1 is 0.603 bits per heavy atom. The summed E-state index contributed by atoms with van der Waals surface area (Å²) in [7, 11) is 0. The molecule has 1 aromatic rings. The molecule has 0 aliphatic carbocycles. The number of fused-ring (bicyclic) bond motifs is 1. The number of carbonyl (C=O) groups excluding carboxylic acids is 9. The molecule has 4 aliphatic rings. The number of amides is 2. The van der Waals surface area contributed by atoms with Crippen LogP contribution in [0.4, 0.5) is 0 Å². The van der Waals surface area contributed by atoms with Gasteiger partial charge in [-0.2, -0.15) is 0 Å². The fourth-order valence-electron chi connectivity index (χ4n) is 8.29. The first-order chi connectivity index (χ1) is 32.4. The maximum absolute atomic E-state index is 14.0. The van der Waals surface area contributed by atoms with Crippen LogP contribution >= 0.6 is 15.9 Å². The molecule has 4 heterocycles. The third-order valence-electron chi connectivity index (χ3n) is 10.9. The predicted octanol–water partition coefficient (Wildman–Crippen LogP) is -1.12. The van der Waals surface area contributed by atoms with Crippen LogP contribution in [0.2, 0.25) is 0 Å². The Labute approximate surface area is 397 Å². The molecule has 2 amide bonds. The molecule has 5 rings (SSSR count). The van der Waals surface area contributed by atoms with Crippen LogP contribution in [0, 0.1) is 0 Å². The Kier molecular flexibility index (Phi) is 17.6. The lowest BCUT2D eigenvalue weighted by atomic mass is 9.79. The van der Waals surface area contributed by atoms with Gasteiger partial charge >= 0.3 is 41.8 Å². The first kappa shape index (κ1) is 52.2. The monoisotopic (exact) mass is 1030 g/mol. The van der Waals surface area contributed by atoms with Gasteiger partial charge in [-0.15, -0.1) is 0 Å². The number of hydrogen-bond donors (Lipinski definition) is 3. The van der Waals surface area contributed by atoms with E-state index in [1.165, 1.54) is 24.3 Å². The van der Waals surface area contributed by atoms with E-state index < -0.39 is 177 Å². The molecule has 3 fully saturated rings. The molecule has 16 atom stereocenters. The molecule has 3 N–H and O–H groups in total. The maximum atomic E-state index is 14.0. The van der Waals surface area contributed by atoms with Crippen molar-refractivity contribution in [1.29, 1.82) is 0 Å². The molecule has 376 valence electrons. The summed E-state index contributed by atoms with van der Waals surface area (Å²) in [5, 5.41) is 33.2. The lowest BCUT2D eigenvalue weighted by Crippen LogP contribution is -2.75. The fourth-order valence-corrected chi connectivity index (χ4v) is 8.81. The van der Waals surface area contributed by atoms with Gasteiger partial charge in [0.15, 0.2) is 49.4 Å². The Morgan fingerprint density at radius 2 is 1.00 bits per heavy atom. The quantitative estimate of drug-likeness (QED) is 0.0720. The highest BCUT2D eigenvalue weighted by Crippen LogP contribution is 2.44. The number of nitrogens with zero attached hydrogens (tertiary/aromatic N) is 1. The van der Waals surface area contributed by atoms with Crippen molar-refractivity contribution in [1.82, 2.24) is 4.90 Å². The fraction of sp³-hybridized carbons (Fsp3) is 0.643. The molecule has 1 aromatic carbocycles. The Bertz CT molecular complexity index is 2090. The van der Waals surface area contributed by atoms with Gasteiger partial charge in [0.25, 0.3) is 11.8 Å². The highest BCUT2D eigenvalue weighted by Gasteiger charge is 2.65. The zero-order valence-electron chi connectivity index (χ0n) is 38.5. The van der Waals surface area contributed by atoms with Crippen LogP contribution in [0.1, 0.15) is 77.0 Å². The largest absolute Gasteiger partial charge is 0.463 e. The second-order valence-corrected chi connectivity index (χ2v) is 16.4. The number of hydrogen-bond acceptors (Lipinski definition) is 24. The minimum atomic E-state index is -2.57. The van der Waals surface area contributed by atoms with Crippen molar-refractivity contribution in [2.75, 3.05) is 25.1 Å². The zero-order valence-corrected chi connectivity index (χ0v) is 39.1. The van der Waals surface area contributed by atoms with Crippen molar-refractivity contribution in [3.8, 4) is 0 Å². The van der Waals surface area contributed by atoms with E-state index in [-0.39, 0.29) is 11.1 Å². The van der Waals surface area contributed by atoms with Gasteiger partial charge in [-0.25, -0.2) is 0 Å². The number of imide groups is 1. The minimum Gasteiger partial charge on any atom is -0.463 e. The number of aliphatic hydroxyl groups excluding tert-OH is 3. The molecular formula is C42H52BrNO24. The van der Waals surface area contributed by atoms with Crippen molar-refractivity contribution < 1.29 is 117 Å². The number of alkyl halides is 1. The van der Waals surface area contributed by atoms with Gasteiger partial charge in [0, 0.05) is 55.1 Å². The van der Waals surface area contributed by atoms with Gasteiger partial charge in [-0.3, -0.25) is 48.1 Å². The normalized spacial score (nSPS) is 34.0. The van der Waals surface area contributed by atoms with Crippen LogP contribution < -0.4 is 0 Å². The van der Waals surface area contributed by atoms with E-state index in [1.54, 1.807) is 0 Å². The number of esters is 7. The Morgan fingerprint density at radius 3 is 1.41 bits per heavy atom. The molecule has 0 bridgehead atoms. The Balaban J connectivity index is 1.64. The van der Waals surface area contributed by atoms with E-state index in [9.17, 15) is 58.5 Å². The molecule has 3 saturated heterocycles. The predicted molar refractivity (Wildman–Crippen MR) is 220 cm³/mol. The number of halogens is 1. The summed E-state index contributed by atoms with van der Waals surface area (Å²) in [6, 6.07) is 5.57. The molecule has 4 aliphatic heterocycles. The van der Waals surface area contributed by atoms with Gasteiger partial charge in [-0.05, 0) is 18.6 Å². The van der Waals surface area contributed by atoms with Crippen LogP contribution in [-0.4, -0.2) is 190 Å². The Hall–Kier alpha value is -5.19. The lowest BCUT2D eigenvalue weighted by molar-refractivity contribution is -0.380. The summed E-state index contributed by atoms with van der Waals surface area (Å²) >= 11 is 3.05. The van der Waals surface area contributed by atoms with Gasteiger partial charge in [0.05, 0.1) is 17.7 Å². The summed E-state index contributed by atoms with van der Waals surface area (Å²) < 4.78 is 77.3. The van der Waals surface area contributed by atoms with Gasteiger partial charge in [0.2, 0.25) is 0 Å². The number of aliphatic hydroxyl groups is 3. The van der Waals surface area contributed by atoms with Gasteiger partial charge in [-0.1, -0.05) is 28.1 Å². The molecule has 3 unspecified atom stereocenters. The number of ether oxygens (including phenoxy) is 12. The van der Waals surface area contributed by atoms with Gasteiger partial charge in [0.1, 0.15) is 55.4 Å². The molecule has 0 aromatic heterocycles. The second-order valence-electron chi connectivity index (χ2n) is 15.8. The summed E-state index contributed by atoms with van der Waals surface area (Å²) in [5.41, 5.74) is -2.81. The molecule has 68 heavy (non-hydrogen) atoms. The zero-order chi connectivity index (χ0) is 51.2. The highest BCUT2D eigenvalue weighted by molar-refractivity contribution is 9.09. The summed E-state index contributed by atoms with van der Waals surface area (Å²) in [6.45, 7) is 4.25. The standard InChI is InChI=1S/C42H52BrNO24/c1-17(46)57-15-27-29(59-19(3)48)32(60-20(4)49)34(62-22(6)51)39(64-27)67-30-28(16-58-18(2)47)65-40(35(63-23(7)52)33(30)61-21(5)50)68-31-26(14-45)66-41(56)42(12-13-43,36(31)53)44-37(54)24-10-8-9-11-25(24)38(44)55/h8-11,26-36,39-41,45,53,56H,12-16H2,1-7H3/t26-,27-,28-,29+,30+,31-,32+,33+,34-,35-,36+,39-,40+,41?,42?/m1/s1/i13D/t13?,26-,27-,28-,29+,30+,31-,32+,33+,34-,35-,36+,39-,40+,41?,42?. The van der Waals surface area contributed by atoms with Crippen molar-refractivity contribution in [3.63, 3.8) is 0 Å². The minimum absolute atomic E-state index is 0.120. The van der Waals surface area contributed by atoms with Crippen LogP contribution in [0.25, 0.3) is 0 Å². The first-order valence-electron chi connectivity index (χ1n) is 21.4. The van der Waals surface area contributed by atoms with Crippen molar-refractivity contribution in [2.24, 2.45) is 0 Å². The van der Waals surface area contributed by atoms with E-state index >= 15 is 0 Å². The van der Waals surface area contributed by atoms with Gasteiger partial charge < -0.3 is 72.2 Å². The average Bonchev–Trinajstić information content (AvgIpc) is 3.50. The smallest absolute Gasteiger partial charge is 0.303 e. The van der Waals surface area contributed by atoms with Crippen LogP contribution in [-0.2, 0) is 90.4 Å². The van der Waals surface area contributed by atoms with Crippen LogP contribution in [0.5, 0.6) is 0 Å². The first-order valence-corrected chi connectivity index (χ1v) is 21.7. The molecule has 26 heteroatoms. The maximum Gasteiger partial charge on any atom is 0.303 e.